The van der Waals surface area contributed by atoms with Crippen LogP contribution in [-0.4, -0.2) is 10.1 Å². The summed E-state index contributed by atoms with van der Waals surface area (Å²) < 4.78 is 5.17. The summed E-state index contributed by atoms with van der Waals surface area (Å²) in [6, 6.07) is 8.34. The molecular formula is C14H19N3OS. The SMILES string of the molecule is CC(C)c1nc(CSc2ccc(C(C)N)cc2)no1. The van der Waals surface area contributed by atoms with Crippen LogP contribution >= 0.6 is 11.8 Å². The molecule has 1 aromatic heterocycles. The first-order valence-electron chi connectivity index (χ1n) is 6.37. The largest absolute Gasteiger partial charge is 0.339 e. The van der Waals surface area contributed by atoms with E-state index < -0.39 is 0 Å². The number of hydrogen-bond donors (Lipinski definition) is 1. The van der Waals surface area contributed by atoms with Gasteiger partial charge < -0.3 is 10.3 Å². The molecule has 1 aromatic carbocycles. The lowest BCUT2D eigenvalue weighted by Gasteiger charge is -2.05. The molecule has 4 nitrogen and oxygen atoms in total. The Bertz CT molecular complexity index is 520. The van der Waals surface area contributed by atoms with E-state index >= 15 is 0 Å². The van der Waals surface area contributed by atoms with E-state index in [9.17, 15) is 0 Å². The van der Waals surface area contributed by atoms with Gasteiger partial charge in [0.25, 0.3) is 0 Å². The molecule has 0 amide bonds. The maximum Gasteiger partial charge on any atom is 0.229 e. The normalized spacial score (nSPS) is 12.9. The maximum atomic E-state index is 5.82. The minimum Gasteiger partial charge on any atom is -0.339 e. The van der Waals surface area contributed by atoms with Crippen LogP contribution in [0.2, 0.25) is 0 Å². The zero-order valence-corrected chi connectivity index (χ0v) is 12.3. The van der Waals surface area contributed by atoms with Crippen LogP contribution in [0.15, 0.2) is 33.7 Å². The molecule has 1 heterocycles. The van der Waals surface area contributed by atoms with Crippen LogP contribution < -0.4 is 5.73 Å². The number of thioether (sulfide) groups is 1. The number of rotatable bonds is 5. The first kappa shape index (κ1) is 14.1. The van der Waals surface area contributed by atoms with Gasteiger partial charge in [-0.05, 0) is 24.6 Å². The van der Waals surface area contributed by atoms with E-state index in [2.05, 4.69) is 34.4 Å². The van der Waals surface area contributed by atoms with E-state index in [1.54, 1.807) is 11.8 Å². The fourth-order valence-corrected chi connectivity index (χ4v) is 2.32. The average molecular weight is 277 g/mol. The molecule has 0 spiro atoms. The molecule has 0 aliphatic heterocycles. The summed E-state index contributed by atoms with van der Waals surface area (Å²) in [5.74, 6) is 2.43. The fraction of sp³-hybridized carbons (Fsp3) is 0.429. The van der Waals surface area contributed by atoms with Gasteiger partial charge in [-0.1, -0.05) is 31.1 Å². The third kappa shape index (κ3) is 3.81. The highest BCUT2D eigenvalue weighted by Crippen LogP contribution is 2.23. The molecule has 0 saturated heterocycles. The van der Waals surface area contributed by atoms with Gasteiger partial charge in [0.15, 0.2) is 5.82 Å². The molecule has 0 aliphatic carbocycles. The van der Waals surface area contributed by atoms with E-state index in [4.69, 9.17) is 10.3 Å². The summed E-state index contributed by atoms with van der Waals surface area (Å²) >= 11 is 1.69. The van der Waals surface area contributed by atoms with Gasteiger partial charge in [0.2, 0.25) is 5.89 Å². The van der Waals surface area contributed by atoms with Gasteiger partial charge in [-0.15, -0.1) is 11.8 Å². The van der Waals surface area contributed by atoms with Crippen molar-refractivity contribution in [1.82, 2.24) is 10.1 Å². The molecule has 1 unspecified atom stereocenters. The summed E-state index contributed by atoms with van der Waals surface area (Å²) in [6.07, 6.45) is 0. The molecule has 0 radical (unpaired) electrons. The van der Waals surface area contributed by atoms with Crippen LogP contribution in [0, 0.1) is 0 Å². The van der Waals surface area contributed by atoms with Gasteiger partial charge in [0, 0.05) is 16.9 Å². The van der Waals surface area contributed by atoms with Crippen molar-refractivity contribution in [3.63, 3.8) is 0 Å². The zero-order chi connectivity index (χ0) is 13.8. The van der Waals surface area contributed by atoms with Crippen molar-refractivity contribution in [2.24, 2.45) is 5.73 Å². The van der Waals surface area contributed by atoms with E-state index in [-0.39, 0.29) is 12.0 Å². The van der Waals surface area contributed by atoms with Crippen molar-refractivity contribution in [2.75, 3.05) is 0 Å². The standard InChI is InChI=1S/C14H19N3OS/c1-9(2)14-16-13(17-18-14)8-19-12-6-4-11(5-7-12)10(3)15/h4-7,9-10H,8,15H2,1-3H3. The van der Waals surface area contributed by atoms with Crippen LogP contribution in [0.25, 0.3) is 0 Å². The predicted molar refractivity (Wildman–Crippen MR) is 77.0 cm³/mol. The Balaban J connectivity index is 1.94. The van der Waals surface area contributed by atoms with Crippen LogP contribution in [0.1, 0.15) is 50.0 Å². The first-order valence-corrected chi connectivity index (χ1v) is 7.35. The minimum atomic E-state index is 0.0739. The smallest absolute Gasteiger partial charge is 0.229 e. The molecule has 0 saturated carbocycles. The number of nitrogens with zero attached hydrogens (tertiary/aromatic N) is 2. The van der Waals surface area contributed by atoms with Crippen LogP contribution in [0.3, 0.4) is 0 Å². The van der Waals surface area contributed by atoms with Crippen LogP contribution in [0.5, 0.6) is 0 Å². The van der Waals surface area contributed by atoms with Crippen LogP contribution in [0.4, 0.5) is 0 Å². The molecule has 102 valence electrons. The van der Waals surface area contributed by atoms with Crippen molar-refractivity contribution >= 4 is 11.8 Å². The summed E-state index contributed by atoms with van der Waals surface area (Å²) in [6.45, 7) is 6.06. The molecule has 2 N–H and O–H groups in total. The fourth-order valence-electron chi connectivity index (χ4n) is 1.58. The Hall–Kier alpha value is -1.33. The molecule has 0 aliphatic rings. The van der Waals surface area contributed by atoms with Crippen molar-refractivity contribution < 1.29 is 4.52 Å². The van der Waals surface area contributed by atoms with E-state index in [0.717, 1.165) is 11.4 Å². The third-order valence-corrected chi connectivity index (χ3v) is 3.76. The molecule has 2 rings (SSSR count). The second-order valence-corrected chi connectivity index (χ2v) is 5.90. The highest BCUT2D eigenvalue weighted by atomic mass is 32.2. The Morgan fingerprint density at radius 1 is 1.21 bits per heavy atom. The van der Waals surface area contributed by atoms with Crippen molar-refractivity contribution in [3.05, 3.63) is 41.5 Å². The Morgan fingerprint density at radius 3 is 2.42 bits per heavy atom. The summed E-state index contributed by atoms with van der Waals surface area (Å²) in [7, 11) is 0. The van der Waals surface area contributed by atoms with Crippen molar-refractivity contribution in [2.45, 2.75) is 43.4 Å². The summed E-state index contributed by atoms with van der Waals surface area (Å²) in [5, 5.41) is 3.97. The highest BCUT2D eigenvalue weighted by molar-refractivity contribution is 7.98. The molecule has 0 fully saturated rings. The topological polar surface area (TPSA) is 64.9 Å². The second kappa shape index (κ2) is 6.21. The summed E-state index contributed by atoms with van der Waals surface area (Å²) in [4.78, 5) is 5.53. The Labute approximate surface area is 117 Å². The van der Waals surface area contributed by atoms with Gasteiger partial charge >= 0.3 is 0 Å². The molecule has 19 heavy (non-hydrogen) atoms. The van der Waals surface area contributed by atoms with Crippen molar-refractivity contribution in [1.29, 1.82) is 0 Å². The molecule has 5 heteroatoms. The second-order valence-electron chi connectivity index (χ2n) is 4.85. The quantitative estimate of drug-likeness (QED) is 0.847. The Kier molecular flexibility index (Phi) is 4.61. The maximum absolute atomic E-state index is 5.82. The first-order chi connectivity index (χ1) is 9.06. The minimum absolute atomic E-state index is 0.0739. The van der Waals surface area contributed by atoms with E-state index in [1.807, 2.05) is 20.8 Å². The van der Waals surface area contributed by atoms with Gasteiger partial charge in [0.05, 0.1) is 5.75 Å². The van der Waals surface area contributed by atoms with Crippen molar-refractivity contribution in [3.8, 4) is 0 Å². The van der Waals surface area contributed by atoms with E-state index in [0.29, 0.717) is 11.6 Å². The number of benzene rings is 1. The van der Waals surface area contributed by atoms with Gasteiger partial charge in [-0.3, -0.25) is 0 Å². The molecule has 0 bridgehead atoms. The lowest BCUT2D eigenvalue weighted by atomic mass is 10.1. The Morgan fingerprint density at radius 2 is 1.89 bits per heavy atom. The van der Waals surface area contributed by atoms with E-state index in [1.165, 1.54) is 4.90 Å². The third-order valence-electron chi connectivity index (χ3n) is 2.75. The molecule has 1 atom stereocenters. The monoisotopic (exact) mass is 277 g/mol. The number of nitrogens with two attached hydrogens (primary N) is 1. The molecule has 2 aromatic rings. The van der Waals surface area contributed by atoms with Gasteiger partial charge in [-0.2, -0.15) is 4.98 Å². The molecular weight excluding hydrogens is 258 g/mol. The van der Waals surface area contributed by atoms with Crippen LogP contribution in [-0.2, 0) is 5.75 Å². The lowest BCUT2D eigenvalue weighted by Crippen LogP contribution is -2.04. The van der Waals surface area contributed by atoms with Gasteiger partial charge in [-0.25, -0.2) is 0 Å². The average Bonchev–Trinajstić information content (AvgIpc) is 2.86. The van der Waals surface area contributed by atoms with Gasteiger partial charge in [0.1, 0.15) is 0 Å². The predicted octanol–water partition coefficient (Wildman–Crippen LogP) is 3.51. The zero-order valence-electron chi connectivity index (χ0n) is 11.5. The lowest BCUT2D eigenvalue weighted by molar-refractivity contribution is 0.362. The summed E-state index contributed by atoms with van der Waals surface area (Å²) in [5.41, 5.74) is 6.97. The highest BCUT2D eigenvalue weighted by Gasteiger charge is 2.10. The number of hydrogen-bond acceptors (Lipinski definition) is 5. The number of aromatic nitrogens is 2.